The van der Waals surface area contributed by atoms with E-state index < -0.39 is 0 Å². The second kappa shape index (κ2) is 8.01. The van der Waals surface area contributed by atoms with E-state index >= 15 is 0 Å². The molecule has 27 heavy (non-hydrogen) atoms. The van der Waals surface area contributed by atoms with Crippen LogP contribution >= 0.6 is 11.3 Å². The standard InChI is InChI=1S/C22H19N3OS/c1-2-23-22-25(20(16-27-22)21-9-6-14-26-21)24-15-17-10-12-19(13-11-17)18-7-4-3-5-8-18/h3-16H,2H2,1H3. The summed E-state index contributed by atoms with van der Waals surface area (Å²) < 4.78 is 7.37. The van der Waals surface area contributed by atoms with Gasteiger partial charge in [0, 0.05) is 11.9 Å². The number of rotatable bonds is 5. The number of benzene rings is 2. The monoisotopic (exact) mass is 373 g/mol. The Morgan fingerprint density at radius 2 is 1.74 bits per heavy atom. The van der Waals surface area contributed by atoms with Crippen LogP contribution in [0.15, 0.2) is 92.9 Å². The lowest BCUT2D eigenvalue weighted by molar-refractivity contribution is 0.575. The molecule has 0 radical (unpaired) electrons. The van der Waals surface area contributed by atoms with E-state index in [-0.39, 0.29) is 0 Å². The SMILES string of the molecule is CCN=c1scc(-c2ccco2)n1N=Cc1ccc(-c2ccccc2)cc1. The van der Waals surface area contributed by atoms with Crippen molar-refractivity contribution in [3.63, 3.8) is 0 Å². The van der Waals surface area contributed by atoms with Crippen LogP contribution in [0.1, 0.15) is 12.5 Å². The molecular weight excluding hydrogens is 354 g/mol. The summed E-state index contributed by atoms with van der Waals surface area (Å²) in [6.45, 7) is 2.72. The maximum absolute atomic E-state index is 5.54. The van der Waals surface area contributed by atoms with Crippen LogP contribution in [0.5, 0.6) is 0 Å². The Balaban J connectivity index is 1.65. The minimum atomic E-state index is 0.708. The molecule has 0 saturated heterocycles. The first kappa shape index (κ1) is 17.2. The van der Waals surface area contributed by atoms with Gasteiger partial charge in [-0.2, -0.15) is 5.10 Å². The summed E-state index contributed by atoms with van der Waals surface area (Å²) >= 11 is 1.56. The molecule has 2 aromatic carbocycles. The maximum atomic E-state index is 5.54. The quantitative estimate of drug-likeness (QED) is 0.439. The van der Waals surface area contributed by atoms with Crippen molar-refractivity contribution in [3.05, 3.63) is 88.7 Å². The van der Waals surface area contributed by atoms with Crippen LogP contribution in [0, 0.1) is 0 Å². The fourth-order valence-electron chi connectivity index (χ4n) is 2.77. The van der Waals surface area contributed by atoms with Gasteiger partial charge in [0.2, 0.25) is 4.80 Å². The second-order valence-corrected chi connectivity index (χ2v) is 6.74. The number of hydrogen-bond acceptors (Lipinski definition) is 4. The van der Waals surface area contributed by atoms with Crippen LogP contribution < -0.4 is 4.80 Å². The van der Waals surface area contributed by atoms with E-state index in [4.69, 9.17) is 4.42 Å². The van der Waals surface area contributed by atoms with E-state index in [2.05, 4.69) is 46.5 Å². The third-order valence-electron chi connectivity index (χ3n) is 4.09. The highest BCUT2D eigenvalue weighted by atomic mass is 32.1. The summed E-state index contributed by atoms with van der Waals surface area (Å²) in [5.74, 6) is 0.778. The molecule has 2 heterocycles. The molecule has 134 valence electrons. The lowest BCUT2D eigenvalue weighted by Crippen LogP contribution is -2.12. The summed E-state index contributed by atoms with van der Waals surface area (Å²) in [4.78, 5) is 5.38. The van der Waals surface area contributed by atoms with Crippen molar-refractivity contribution < 1.29 is 4.42 Å². The van der Waals surface area contributed by atoms with Crippen molar-refractivity contribution in [2.75, 3.05) is 6.54 Å². The summed E-state index contributed by atoms with van der Waals surface area (Å²) in [6.07, 6.45) is 3.52. The third kappa shape index (κ3) is 3.83. The van der Waals surface area contributed by atoms with Gasteiger partial charge in [-0.3, -0.25) is 4.99 Å². The lowest BCUT2D eigenvalue weighted by Gasteiger charge is -2.02. The van der Waals surface area contributed by atoms with Gasteiger partial charge in [0.25, 0.3) is 0 Å². The van der Waals surface area contributed by atoms with Gasteiger partial charge in [0.15, 0.2) is 5.76 Å². The summed E-state index contributed by atoms with van der Waals surface area (Å²) in [7, 11) is 0. The average molecular weight is 373 g/mol. The van der Waals surface area contributed by atoms with Gasteiger partial charge in [-0.05, 0) is 35.7 Å². The van der Waals surface area contributed by atoms with Gasteiger partial charge >= 0.3 is 0 Å². The first-order chi connectivity index (χ1) is 13.3. The predicted octanol–water partition coefficient (Wildman–Crippen LogP) is 5.28. The van der Waals surface area contributed by atoms with Crippen molar-refractivity contribution >= 4 is 17.6 Å². The molecule has 0 saturated carbocycles. The molecule has 0 bridgehead atoms. The van der Waals surface area contributed by atoms with Crippen LogP contribution in [0.4, 0.5) is 0 Å². The minimum absolute atomic E-state index is 0.708. The number of hydrogen-bond donors (Lipinski definition) is 0. The molecule has 0 fully saturated rings. The fourth-order valence-corrected chi connectivity index (χ4v) is 3.65. The number of nitrogens with zero attached hydrogens (tertiary/aromatic N) is 3. The van der Waals surface area contributed by atoms with E-state index in [1.165, 1.54) is 11.1 Å². The Kier molecular flexibility index (Phi) is 5.12. The van der Waals surface area contributed by atoms with Gasteiger partial charge in [0.05, 0.1) is 12.5 Å². The zero-order chi connectivity index (χ0) is 18.5. The van der Waals surface area contributed by atoms with Gasteiger partial charge in [-0.15, -0.1) is 11.3 Å². The zero-order valence-corrected chi connectivity index (χ0v) is 15.8. The smallest absolute Gasteiger partial charge is 0.206 e. The van der Waals surface area contributed by atoms with E-state index in [0.717, 1.165) is 21.8 Å². The molecule has 0 unspecified atom stereocenters. The molecule has 0 spiro atoms. The Labute approximate surface area is 161 Å². The molecule has 0 N–H and O–H groups in total. The van der Waals surface area contributed by atoms with E-state index in [9.17, 15) is 0 Å². The van der Waals surface area contributed by atoms with Crippen molar-refractivity contribution in [2.24, 2.45) is 10.1 Å². The Morgan fingerprint density at radius 1 is 0.963 bits per heavy atom. The van der Waals surface area contributed by atoms with Gasteiger partial charge in [-0.25, -0.2) is 4.68 Å². The summed E-state index contributed by atoms with van der Waals surface area (Å²) in [6, 6.07) is 22.5. The van der Waals surface area contributed by atoms with Crippen LogP contribution in [-0.4, -0.2) is 17.4 Å². The van der Waals surface area contributed by atoms with Crippen molar-refractivity contribution in [3.8, 4) is 22.6 Å². The van der Waals surface area contributed by atoms with Crippen LogP contribution in [-0.2, 0) is 0 Å². The number of aromatic nitrogens is 1. The minimum Gasteiger partial charge on any atom is -0.463 e. The Bertz CT molecular complexity index is 1090. The summed E-state index contributed by atoms with van der Waals surface area (Å²) in [5, 5.41) is 6.68. The molecule has 0 aliphatic rings. The second-order valence-electron chi connectivity index (χ2n) is 5.90. The molecule has 2 aromatic heterocycles. The topological polar surface area (TPSA) is 42.8 Å². The van der Waals surface area contributed by atoms with E-state index in [1.54, 1.807) is 17.6 Å². The molecular formula is C22H19N3OS. The maximum Gasteiger partial charge on any atom is 0.206 e. The Hall–Kier alpha value is -3.18. The highest BCUT2D eigenvalue weighted by molar-refractivity contribution is 7.07. The van der Waals surface area contributed by atoms with Gasteiger partial charge < -0.3 is 4.42 Å². The molecule has 5 heteroatoms. The molecule has 0 aliphatic carbocycles. The van der Waals surface area contributed by atoms with Crippen molar-refractivity contribution in [1.29, 1.82) is 0 Å². The Morgan fingerprint density at radius 3 is 2.44 bits per heavy atom. The molecule has 4 rings (SSSR count). The highest BCUT2D eigenvalue weighted by Gasteiger charge is 2.09. The van der Waals surface area contributed by atoms with Crippen LogP contribution in [0.2, 0.25) is 0 Å². The van der Waals surface area contributed by atoms with Crippen LogP contribution in [0.25, 0.3) is 22.6 Å². The van der Waals surface area contributed by atoms with Crippen molar-refractivity contribution in [1.82, 2.24) is 4.68 Å². The van der Waals surface area contributed by atoms with Gasteiger partial charge in [-0.1, -0.05) is 54.6 Å². The number of furan rings is 1. The fraction of sp³-hybridized carbons (Fsp3) is 0.0909. The first-order valence-corrected chi connectivity index (χ1v) is 9.68. The molecule has 0 atom stereocenters. The number of thiazole rings is 1. The summed E-state index contributed by atoms with van der Waals surface area (Å²) in [5.41, 5.74) is 4.32. The normalized spacial score (nSPS) is 12.1. The molecule has 4 nitrogen and oxygen atoms in total. The van der Waals surface area contributed by atoms with Gasteiger partial charge in [0.1, 0.15) is 5.69 Å². The van der Waals surface area contributed by atoms with E-state index in [1.807, 2.05) is 53.5 Å². The lowest BCUT2D eigenvalue weighted by atomic mass is 10.0. The first-order valence-electron chi connectivity index (χ1n) is 8.80. The average Bonchev–Trinajstić information content (AvgIpc) is 3.38. The van der Waals surface area contributed by atoms with Crippen molar-refractivity contribution in [2.45, 2.75) is 6.92 Å². The van der Waals surface area contributed by atoms with E-state index in [0.29, 0.717) is 6.54 Å². The zero-order valence-electron chi connectivity index (χ0n) is 14.9. The van der Waals surface area contributed by atoms with Crippen LogP contribution in [0.3, 0.4) is 0 Å². The molecule has 4 aromatic rings. The third-order valence-corrected chi connectivity index (χ3v) is 4.95. The largest absolute Gasteiger partial charge is 0.463 e. The predicted molar refractivity (Wildman–Crippen MR) is 111 cm³/mol. The molecule has 0 aliphatic heterocycles. The highest BCUT2D eigenvalue weighted by Crippen LogP contribution is 2.21. The molecule has 0 amide bonds.